The number of hydrogen-bond donors (Lipinski definition) is 1. The third-order valence-electron chi connectivity index (χ3n) is 2.02. The molecule has 0 aliphatic carbocycles. The monoisotopic (exact) mass is 191 g/mol. The molecular weight excluding hydrogens is 178 g/mol. The van der Waals surface area contributed by atoms with E-state index in [4.69, 9.17) is 0 Å². The molecule has 0 heterocycles. The van der Waals surface area contributed by atoms with Gasteiger partial charge in [-0.1, -0.05) is 29.8 Å². The molecule has 1 rings (SSSR count). The van der Waals surface area contributed by atoms with Gasteiger partial charge in [-0.2, -0.15) is 0 Å². The Morgan fingerprint density at radius 2 is 1.93 bits per heavy atom. The van der Waals surface area contributed by atoms with Crippen LogP contribution in [-0.2, 0) is 16.0 Å². The van der Waals surface area contributed by atoms with Gasteiger partial charge in [0.1, 0.15) is 6.29 Å². The summed E-state index contributed by atoms with van der Waals surface area (Å²) in [6.07, 6.45) is 1.84. The molecule has 14 heavy (non-hydrogen) atoms. The van der Waals surface area contributed by atoms with Crippen LogP contribution in [0.2, 0.25) is 0 Å². The second-order valence-electron chi connectivity index (χ2n) is 3.22. The molecule has 3 heteroatoms. The van der Waals surface area contributed by atoms with Crippen LogP contribution in [0.1, 0.15) is 11.1 Å². The largest absolute Gasteiger partial charge is 0.349 e. The standard InChI is InChI=1S/C11H13NO2/c1-9-2-4-10(5-3-9)6-11(7-13)12-8-14/h2-5,7-8,11H,6H2,1H3,(H,12,14). The van der Waals surface area contributed by atoms with Crippen LogP contribution in [-0.4, -0.2) is 18.7 Å². The normalized spacial score (nSPS) is 11.8. The summed E-state index contributed by atoms with van der Waals surface area (Å²) in [7, 11) is 0. The van der Waals surface area contributed by atoms with E-state index >= 15 is 0 Å². The highest BCUT2D eigenvalue weighted by Gasteiger charge is 2.05. The lowest BCUT2D eigenvalue weighted by molar-refractivity contribution is -0.115. The maximum absolute atomic E-state index is 10.5. The van der Waals surface area contributed by atoms with E-state index in [1.54, 1.807) is 0 Å². The summed E-state index contributed by atoms with van der Waals surface area (Å²) in [6.45, 7) is 2.00. The van der Waals surface area contributed by atoms with Crippen molar-refractivity contribution < 1.29 is 9.59 Å². The molecule has 0 spiro atoms. The average molecular weight is 191 g/mol. The molecule has 0 saturated heterocycles. The second kappa shape index (κ2) is 5.17. The fourth-order valence-corrected chi connectivity index (χ4v) is 1.21. The first kappa shape index (κ1) is 10.4. The van der Waals surface area contributed by atoms with Gasteiger partial charge in [-0.15, -0.1) is 0 Å². The van der Waals surface area contributed by atoms with Crippen molar-refractivity contribution in [2.45, 2.75) is 19.4 Å². The Balaban J connectivity index is 2.62. The highest BCUT2D eigenvalue weighted by Crippen LogP contribution is 2.05. The third-order valence-corrected chi connectivity index (χ3v) is 2.02. The van der Waals surface area contributed by atoms with E-state index in [1.165, 1.54) is 5.56 Å². The van der Waals surface area contributed by atoms with E-state index in [9.17, 15) is 9.59 Å². The molecule has 1 atom stereocenters. The zero-order valence-corrected chi connectivity index (χ0v) is 8.07. The molecule has 1 aromatic rings. The Kier molecular flexibility index (Phi) is 3.85. The Labute approximate surface area is 83.1 Å². The van der Waals surface area contributed by atoms with E-state index in [0.717, 1.165) is 11.8 Å². The topological polar surface area (TPSA) is 46.2 Å². The van der Waals surface area contributed by atoms with Crippen molar-refractivity contribution >= 4 is 12.7 Å². The predicted octanol–water partition coefficient (Wildman–Crippen LogP) is 0.851. The Hall–Kier alpha value is -1.64. The van der Waals surface area contributed by atoms with Crippen molar-refractivity contribution in [3.63, 3.8) is 0 Å². The summed E-state index contributed by atoms with van der Waals surface area (Å²) in [5.41, 5.74) is 2.22. The van der Waals surface area contributed by atoms with Crippen LogP contribution in [0, 0.1) is 6.92 Å². The van der Waals surface area contributed by atoms with Gasteiger partial charge in [0.05, 0.1) is 6.04 Å². The van der Waals surface area contributed by atoms with Gasteiger partial charge in [0, 0.05) is 0 Å². The van der Waals surface area contributed by atoms with Gasteiger partial charge >= 0.3 is 0 Å². The van der Waals surface area contributed by atoms with E-state index in [1.807, 2.05) is 31.2 Å². The number of amides is 1. The minimum Gasteiger partial charge on any atom is -0.349 e. The number of hydrogen-bond acceptors (Lipinski definition) is 2. The summed E-state index contributed by atoms with van der Waals surface area (Å²) in [5.74, 6) is 0. The summed E-state index contributed by atoms with van der Waals surface area (Å²) >= 11 is 0. The second-order valence-corrected chi connectivity index (χ2v) is 3.22. The molecule has 0 aliphatic rings. The minimum absolute atomic E-state index is 0.421. The molecular formula is C11H13NO2. The molecule has 1 amide bonds. The summed E-state index contributed by atoms with van der Waals surface area (Å²) in [6, 6.07) is 7.46. The first-order valence-corrected chi connectivity index (χ1v) is 4.47. The van der Waals surface area contributed by atoms with E-state index in [2.05, 4.69) is 5.32 Å². The summed E-state index contributed by atoms with van der Waals surface area (Å²) in [5, 5.41) is 2.45. The Morgan fingerprint density at radius 3 is 2.43 bits per heavy atom. The smallest absolute Gasteiger partial charge is 0.207 e. The zero-order valence-electron chi connectivity index (χ0n) is 8.07. The highest BCUT2D eigenvalue weighted by atomic mass is 16.1. The molecule has 0 bridgehead atoms. The van der Waals surface area contributed by atoms with Gasteiger partial charge in [0.25, 0.3) is 0 Å². The fourth-order valence-electron chi connectivity index (χ4n) is 1.21. The van der Waals surface area contributed by atoms with Crippen molar-refractivity contribution in [3.05, 3.63) is 35.4 Å². The number of benzene rings is 1. The number of rotatable bonds is 5. The highest BCUT2D eigenvalue weighted by molar-refractivity contribution is 5.64. The van der Waals surface area contributed by atoms with Gasteiger partial charge in [-0.3, -0.25) is 4.79 Å². The fraction of sp³-hybridized carbons (Fsp3) is 0.273. The molecule has 0 saturated carbocycles. The number of carbonyl (C=O) groups is 2. The average Bonchev–Trinajstić information content (AvgIpc) is 2.20. The molecule has 0 radical (unpaired) electrons. The first-order chi connectivity index (χ1) is 6.76. The quantitative estimate of drug-likeness (QED) is 0.701. The number of aryl methyl sites for hydroxylation is 1. The van der Waals surface area contributed by atoms with Crippen LogP contribution in [0.15, 0.2) is 24.3 Å². The van der Waals surface area contributed by atoms with Crippen LogP contribution in [0.3, 0.4) is 0 Å². The first-order valence-electron chi connectivity index (χ1n) is 4.47. The lowest BCUT2D eigenvalue weighted by atomic mass is 10.1. The van der Waals surface area contributed by atoms with Crippen molar-refractivity contribution in [1.82, 2.24) is 5.32 Å². The SMILES string of the molecule is Cc1ccc(CC(C=O)NC=O)cc1. The number of nitrogens with one attached hydrogen (secondary N) is 1. The maximum atomic E-state index is 10.5. The summed E-state index contributed by atoms with van der Waals surface area (Å²) < 4.78 is 0. The van der Waals surface area contributed by atoms with E-state index in [-0.39, 0.29) is 0 Å². The third kappa shape index (κ3) is 3.01. The molecule has 74 valence electrons. The number of carbonyl (C=O) groups excluding carboxylic acids is 2. The predicted molar refractivity (Wildman–Crippen MR) is 53.9 cm³/mol. The molecule has 3 nitrogen and oxygen atoms in total. The van der Waals surface area contributed by atoms with Crippen LogP contribution >= 0.6 is 0 Å². The molecule has 0 aliphatic heterocycles. The molecule has 1 unspecified atom stereocenters. The molecule has 0 fully saturated rings. The van der Waals surface area contributed by atoms with Crippen LogP contribution in [0.4, 0.5) is 0 Å². The van der Waals surface area contributed by atoms with Crippen LogP contribution in [0.25, 0.3) is 0 Å². The Morgan fingerprint density at radius 1 is 1.29 bits per heavy atom. The lowest BCUT2D eigenvalue weighted by Gasteiger charge is -2.08. The van der Waals surface area contributed by atoms with Crippen molar-refractivity contribution in [1.29, 1.82) is 0 Å². The van der Waals surface area contributed by atoms with E-state index < -0.39 is 6.04 Å². The van der Waals surface area contributed by atoms with Crippen molar-refractivity contribution in [2.75, 3.05) is 0 Å². The van der Waals surface area contributed by atoms with Crippen molar-refractivity contribution in [3.8, 4) is 0 Å². The molecule has 1 N–H and O–H groups in total. The van der Waals surface area contributed by atoms with Gasteiger partial charge in [0.2, 0.25) is 6.41 Å². The van der Waals surface area contributed by atoms with Crippen molar-refractivity contribution in [2.24, 2.45) is 0 Å². The molecule has 1 aromatic carbocycles. The summed E-state index contributed by atoms with van der Waals surface area (Å²) in [4.78, 5) is 20.7. The maximum Gasteiger partial charge on any atom is 0.207 e. The van der Waals surface area contributed by atoms with E-state index in [0.29, 0.717) is 12.8 Å². The van der Waals surface area contributed by atoms with Crippen LogP contribution in [0.5, 0.6) is 0 Å². The Bertz CT molecular complexity index is 306. The minimum atomic E-state index is -0.421. The van der Waals surface area contributed by atoms with Crippen LogP contribution < -0.4 is 5.32 Å². The van der Waals surface area contributed by atoms with Gasteiger partial charge in [-0.25, -0.2) is 0 Å². The van der Waals surface area contributed by atoms with Gasteiger partial charge in [0.15, 0.2) is 0 Å². The number of aldehydes is 1. The molecule has 0 aromatic heterocycles. The lowest BCUT2D eigenvalue weighted by Crippen LogP contribution is -2.31. The van der Waals surface area contributed by atoms with Gasteiger partial charge < -0.3 is 10.1 Å². The van der Waals surface area contributed by atoms with Gasteiger partial charge in [-0.05, 0) is 18.9 Å². The zero-order chi connectivity index (χ0) is 10.4.